The number of aryl methyl sites for hydroxylation is 1. The summed E-state index contributed by atoms with van der Waals surface area (Å²) in [4.78, 5) is 0.0680. The molecule has 0 radical (unpaired) electrons. The lowest BCUT2D eigenvalue weighted by atomic mass is 10.2. The van der Waals surface area contributed by atoms with Crippen molar-refractivity contribution in [2.75, 3.05) is 10.1 Å². The Kier molecular flexibility index (Phi) is 3.91. The first-order valence-corrected chi connectivity index (χ1v) is 7.26. The second-order valence-corrected chi connectivity index (χ2v) is 5.97. The van der Waals surface area contributed by atoms with E-state index in [2.05, 4.69) is 10.1 Å². The predicted octanol–water partition coefficient (Wildman–Crippen LogP) is 2.22. The first kappa shape index (κ1) is 14.3. The molecule has 0 aliphatic heterocycles. The van der Waals surface area contributed by atoms with Gasteiger partial charge < -0.3 is 5.43 Å². The second-order valence-electron chi connectivity index (χ2n) is 4.29. The molecular weight excluding hydrogens is 281 g/mol. The molecular formula is C13H14FN3O2S. The van der Waals surface area contributed by atoms with Crippen molar-refractivity contribution >= 4 is 21.4 Å². The lowest BCUT2D eigenvalue weighted by Crippen LogP contribution is -2.13. The maximum atomic E-state index is 13.2. The van der Waals surface area contributed by atoms with Crippen molar-refractivity contribution in [2.45, 2.75) is 11.8 Å². The molecule has 0 spiro atoms. The number of nitrogen functional groups attached to an aromatic ring is 1. The van der Waals surface area contributed by atoms with Crippen molar-refractivity contribution in [1.29, 1.82) is 0 Å². The summed E-state index contributed by atoms with van der Waals surface area (Å²) in [5.74, 6) is 4.71. The van der Waals surface area contributed by atoms with Gasteiger partial charge in [0.1, 0.15) is 5.82 Å². The minimum absolute atomic E-state index is 0.0680. The molecule has 20 heavy (non-hydrogen) atoms. The number of hydrogen-bond donors (Lipinski definition) is 3. The van der Waals surface area contributed by atoms with E-state index in [4.69, 9.17) is 5.84 Å². The highest BCUT2D eigenvalue weighted by Gasteiger charge is 2.14. The molecule has 0 aliphatic rings. The summed E-state index contributed by atoms with van der Waals surface area (Å²) in [7, 11) is -3.76. The largest absolute Gasteiger partial charge is 0.324 e. The molecule has 5 nitrogen and oxygen atoms in total. The fourth-order valence-electron chi connectivity index (χ4n) is 1.74. The fourth-order valence-corrected chi connectivity index (χ4v) is 2.78. The zero-order valence-corrected chi connectivity index (χ0v) is 11.5. The lowest BCUT2D eigenvalue weighted by Gasteiger charge is -2.09. The normalized spacial score (nSPS) is 11.2. The van der Waals surface area contributed by atoms with E-state index in [1.807, 2.05) is 0 Å². The Balaban J connectivity index is 2.30. The smallest absolute Gasteiger partial charge is 0.261 e. The monoisotopic (exact) mass is 295 g/mol. The highest BCUT2D eigenvalue weighted by atomic mass is 32.2. The minimum Gasteiger partial charge on any atom is -0.324 e. The van der Waals surface area contributed by atoms with Crippen molar-refractivity contribution in [3.05, 3.63) is 53.8 Å². The van der Waals surface area contributed by atoms with Gasteiger partial charge in [-0.05, 0) is 55.0 Å². The maximum Gasteiger partial charge on any atom is 0.261 e. The number of nitrogens with two attached hydrogens (primary N) is 1. The number of rotatable bonds is 4. The molecule has 2 aromatic rings. The highest BCUT2D eigenvalue weighted by molar-refractivity contribution is 7.92. The van der Waals surface area contributed by atoms with Crippen LogP contribution in [0.4, 0.5) is 15.8 Å². The average Bonchev–Trinajstić information content (AvgIpc) is 2.37. The van der Waals surface area contributed by atoms with E-state index >= 15 is 0 Å². The van der Waals surface area contributed by atoms with Gasteiger partial charge in [0, 0.05) is 5.69 Å². The molecule has 0 heterocycles. The number of halogens is 1. The van der Waals surface area contributed by atoms with E-state index in [1.165, 1.54) is 30.3 Å². The molecule has 0 amide bonds. The Hall–Kier alpha value is -2.12. The van der Waals surface area contributed by atoms with Gasteiger partial charge >= 0.3 is 0 Å². The maximum absolute atomic E-state index is 13.2. The van der Waals surface area contributed by atoms with E-state index in [0.717, 1.165) is 6.07 Å². The van der Waals surface area contributed by atoms with Gasteiger partial charge in [0.15, 0.2) is 0 Å². The summed E-state index contributed by atoms with van der Waals surface area (Å²) in [6.45, 7) is 1.68. The third-order valence-corrected chi connectivity index (χ3v) is 4.02. The van der Waals surface area contributed by atoms with E-state index in [9.17, 15) is 12.8 Å². The average molecular weight is 295 g/mol. The second kappa shape index (κ2) is 5.48. The third kappa shape index (κ3) is 3.25. The molecule has 0 saturated carbocycles. The molecule has 0 fully saturated rings. The Bertz CT molecular complexity index is 695. The van der Waals surface area contributed by atoms with Crippen LogP contribution < -0.4 is 16.0 Å². The molecule has 0 aromatic heterocycles. The van der Waals surface area contributed by atoms with Gasteiger partial charge in [-0.15, -0.1) is 0 Å². The highest BCUT2D eigenvalue weighted by Crippen LogP contribution is 2.19. The zero-order chi connectivity index (χ0) is 14.8. The Morgan fingerprint density at radius 2 is 1.70 bits per heavy atom. The van der Waals surface area contributed by atoms with Gasteiger partial charge in [0.2, 0.25) is 0 Å². The molecule has 0 unspecified atom stereocenters. The number of benzene rings is 2. The first-order valence-electron chi connectivity index (χ1n) is 5.77. The first-order chi connectivity index (χ1) is 9.40. The molecule has 2 aromatic carbocycles. The van der Waals surface area contributed by atoms with Crippen molar-refractivity contribution in [3.63, 3.8) is 0 Å². The topological polar surface area (TPSA) is 84.2 Å². The van der Waals surface area contributed by atoms with Crippen LogP contribution in [0, 0.1) is 12.7 Å². The van der Waals surface area contributed by atoms with Gasteiger partial charge in [-0.3, -0.25) is 10.6 Å². The number of nitrogens with one attached hydrogen (secondary N) is 2. The number of sulfonamides is 1. The Morgan fingerprint density at radius 1 is 1.05 bits per heavy atom. The van der Waals surface area contributed by atoms with Crippen molar-refractivity contribution in [3.8, 4) is 0 Å². The third-order valence-electron chi connectivity index (χ3n) is 2.63. The quantitative estimate of drug-likeness (QED) is 0.596. The lowest BCUT2D eigenvalue weighted by molar-refractivity contribution is 0.601. The van der Waals surface area contributed by atoms with Crippen molar-refractivity contribution in [2.24, 2.45) is 5.84 Å². The van der Waals surface area contributed by atoms with Crippen LogP contribution in [-0.2, 0) is 10.0 Å². The van der Waals surface area contributed by atoms with Gasteiger partial charge in [-0.1, -0.05) is 0 Å². The standard InChI is InChI=1S/C13H14FN3O2S/c1-9-6-10(14)8-12(7-9)17-20(18,19)13-4-2-11(16-15)3-5-13/h2-8,16-17H,15H2,1H3. The summed E-state index contributed by atoms with van der Waals surface area (Å²) in [6.07, 6.45) is 0. The number of anilines is 2. The van der Waals surface area contributed by atoms with E-state index in [0.29, 0.717) is 11.3 Å². The van der Waals surface area contributed by atoms with E-state index in [-0.39, 0.29) is 10.6 Å². The predicted molar refractivity (Wildman–Crippen MR) is 76.2 cm³/mol. The summed E-state index contributed by atoms with van der Waals surface area (Å²) < 4.78 is 39.9. The molecule has 2 rings (SSSR count). The summed E-state index contributed by atoms with van der Waals surface area (Å²) in [6, 6.07) is 9.88. The molecule has 7 heteroatoms. The number of hydrazine groups is 1. The van der Waals surface area contributed by atoms with E-state index in [1.54, 1.807) is 13.0 Å². The van der Waals surface area contributed by atoms with Gasteiger partial charge in [0.05, 0.1) is 10.6 Å². The van der Waals surface area contributed by atoms with Gasteiger partial charge in [-0.2, -0.15) is 0 Å². The summed E-state index contributed by atoms with van der Waals surface area (Å²) in [5.41, 5.74) is 3.81. The van der Waals surface area contributed by atoms with Crippen LogP contribution in [0.15, 0.2) is 47.4 Å². The summed E-state index contributed by atoms with van der Waals surface area (Å²) in [5, 5.41) is 0. The molecule has 0 aliphatic carbocycles. The van der Waals surface area contributed by atoms with Crippen LogP contribution in [0.1, 0.15) is 5.56 Å². The van der Waals surface area contributed by atoms with Crippen molar-refractivity contribution in [1.82, 2.24) is 0 Å². The minimum atomic E-state index is -3.76. The molecule has 106 valence electrons. The van der Waals surface area contributed by atoms with Crippen LogP contribution in [0.5, 0.6) is 0 Å². The van der Waals surface area contributed by atoms with E-state index < -0.39 is 15.8 Å². The SMILES string of the molecule is Cc1cc(F)cc(NS(=O)(=O)c2ccc(NN)cc2)c1. The van der Waals surface area contributed by atoms with Crippen LogP contribution in [0.25, 0.3) is 0 Å². The Morgan fingerprint density at radius 3 is 2.25 bits per heavy atom. The zero-order valence-electron chi connectivity index (χ0n) is 10.7. The van der Waals surface area contributed by atoms with Crippen molar-refractivity contribution < 1.29 is 12.8 Å². The molecule has 0 saturated heterocycles. The molecule has 0 atom stereocenters. The van der Waals surface area contributed by atoms with Gasteiger partial charge in [-0.25, -0.2) is 12.8 Å². The summed E-state index contributed by atoms with van der Waals surface area (Å²) >= 11 is 0. The number of hydrogen-bond acceptors (Lipinski definition) is 4. The molecule has 0 bridgehead atoms. The van der Waals surface area contributed by atoms with Crippen LogP contribution in [0.3, 0.4) is 0 Å². The van der Waals surface area contributed by atoms with Crippen LogP contribution in [0.2, 0.25) is 0 Å². The fraction of sp³-hybridized carbons (Fsp3) is 0.0769. The van der Waals surface area contributed by atoms with Crippen LogP contribution >= 0.6 is 0 Å². The van der Waals surface area contributed by atoms with Gasteiger partial charge in [0.25, 0.3) is 10.0 Å². The van der Waals surface area contributed by atoms with Crippen LogP contribution in [-0.4, -0.2) is 8.42 Å². The molecule has 4 N–H and O–H groups in total. The Labute approximate surface area is 116 Å².